The molecule has 17 heavy (non-hydrogen) atoms. The topological polar surface area (TPSA) is 25.4 Å². The van der Waals surface area contributed by atoms with Crippen molar-refractivity contribution in [2.24, 2.45) is 0 Å². The number of hydrogen-bond acceptors (Lipinski definition) is 3. The SMILES string of the molecule is CC1CN(Cc2cc(Cl)nc(Cl)c2)CC(C)O1. The van der Waals surface area contributed by atoms with Crippen LogP contribution in [0.3, 0.4) is 0 Å². The first-order valence-electron chi connectivity index (χ1n) is 5.72. The Labute approximate surface area is 112 Å². The number of halogens is 2. The molecule has 1 aromatic rings. The fourth-order valence-electron chi connectivity index (χ4n) is 2.28. The minimum Gasteiger partial charge on any atom is -0.373 e. The van der Waals surface area contributed by atoms with Crippen LogP contribution in [0.2, 0.25) is 10.3 Å². The molecule has 94 valence electrons. The second-order valence-electron chi connectivity index (χ2n) is 4.57. The summed E-state index contributed by atoms with van der Waals surface area (Å²) in [4.78, 5) is 6.29. The molecule has 3 nitrogen and oxygen atoms in total. The van der Waals surface area contributed by atoms with E-state index in [1.807, 2.05) is 12.1 Å². The van der Waals surface area contributed by atoms with Crippen LogP contribution >= 0.6 is 23.2 Å². The van der Waals surface area contributed by atoms with Gasteiger partial charge >= 0.3 is 0 Å². The van der Waals surface area contributed by atoms with E-state index in [1.54, 1.807) is 0 Å². The van der Waals surface area contributed by atoms with E-state index in [0.717, 1.165) is 25.2 Å². The van der Waals surface area contributed by atoms with Gasteiger partial charge in [-0.1, -0.05) is 23.2 Å². The molecule has 0 amide bonds. The van der Waals surface area contributed by atoms with E-state index >= 15 is 0 Å². The lowest BCUT2D eigenvalue weighted by Crippen LogP contribution is -2.44. The standard InChI is InChI=1S/C12H16Cl2N2O/c1-8-5-16(6-9(2)17-8)7-10-3-11(13)15-12(14)4-10/h3-4,8-9H,5-7H2,1-2H3. The van der Waals surface area contributed by atoms with Gasteiger partial charge in [-0.2, -0.15) is 0 Å². The fraction of sp³-hybridized carbons (Fsp3) is 0.583. The van der Waals surface area contributed by atoms with Gasteiger partial charge in [0.1, 0.15) is 10.3 Å². The Hall–Kier alpha value is -0.350. The van der Waals surface area contributed by atoms with Crippen molar-refractivity contribution in [3.63, 3.8) is 0 Å². The summed E-state index contributed by atoms with van der Waals surface area (Å²) in [7, 11) is 0. The van der Waals surface area contributed by atoms with E-state index < -0.39 is 0 Å². The maximum atomic E-state index is 5.89. The highest BCUT2D eigenvalue weighted by Gasteiger charge is 2.22. The molecule has 0 saturated carbocycles. The van der Waals surface area contributed by atoms with E-state index in [2.05, 4.69) is 23.7 Å². The summed E-state index contributed by atoms with van der Waals surface area (Å²) in [5, 5.41) is 0.892. The molecule has 2 heterocycles. The minimum absolute atomic E-state index is 0.270. The molecule has 5 heteroatoms. The fourth-order valence-corrected chi connectivity index (χ4v) is 2.78. The van der Waals surface area contributed by atoms with E-state index in [-0.39, 0.29) is 12.2 Å². The summed E-state index contributed by atoms with van der Waals surface area (Å²) < 4.78 is 5.70. The number of nitrogens with zero attached hydrogens (tertiary/aromatic N) is 2. The molecule has 1 aromatic heterocycles. The highest BCUT2D eigenvalue weighted by molar-refractivity contribution is 6.32. The maximum absolute atomic E-state index is 5.89. The van der Waals surface area contributed by atoms with Crippen molar-refractivity contribution in [2.75, 3.05) is 13.1 Å². The second kappa shape index (κ2) is 5.53. The summed E-state index contributed by atoms with van der Waals surface area (Å²) in [5.74, 6) is 0. The first-order valence-corrected chi connectivity index (χ1v) is 6.48. The molecule has 1 saturated heterocycles. The normalized spacial score (nSPS) is 26.1. The van der Waals surface area contributed by atoms with Crippen molar-refractivity contribution in [3.05, 3.63) is 28.0 Å². The monoisotopic (exact) mass is 274 g/mol. The Morgan fingerprint density at radius 3 is 2.29 bits per heavy atom. The third-order valence-electron chi connectivity index (χ3n) is 2.72. The molecule has 0 N–H and O–H groups in total. The van der Waals surface area contributed by atoms with Crippen molar-refractivity contribution in [1.82, 2.24) is 9.88 Å². The van der Waals surface area contributed by atoms with Crippen LogP contribution in [-0.4, -0.2) is 35.2 Å². The number of pyridine rings is 1. The highest BCUT2D eigenvalue weighted by Crippen LogP contribution is 2.18. The van der Waals surface area contributed by atoms with Crippen LogP contribution in [0.25, 0.3) is 0 Å². The maximum Gasteiger partial charge on any atom is 0.131 e. The molecule has 0 aromatic carbocycles. The van der Waals surface area contributed by atoms with Gasteiger partial charge in [0.25, 0.3) is 0 Å². The molecule has 1 aliphatic rings. The molecule has 1 fully saturated rings. The predicted octanol–water partition coefficient (Wildman–Crippen LogP) is 3.00. The summed E-state index contributed by atoms with van der Waals surface area (Å²) in [5.41, 5.74) is 1.09. The zero-order chi connectivity index (χ0) is 12.4. The lowest BCUT2D eigenvalue weighted by Gasteiger charge is -2.35. The first kappa shape index (κ1) is 13.1. The largest absolute Gasteiger partial charge is 0.373 e. The third-order valence-corrected chi connectivity index (χ3v) is 3.11. The van der Waals surface area contributed by atoms with Crippen molar-refractivity contribution in [1.29, 1.82) is 0 Å². The van der Waals surface area contributed by atoms with Gasteiger partial charge in [0.05, 0.1) is 12.2 Å². The van der Waals surface area contributed by atoms with Gasteiger partial charge in [-0.25, -0.2) is 4.98 Å². The Bertz CT molecular complexity index is 370. The predicted molar refractivity (Wildman–Crippen MR) is 69.5 cm³/mol. The Kier molecular flexibility index (Phi) is 4.26. The summed E-state index contributed by atoms with van der Waals surface area (Å²) >= 11 is 11.8. The number of hydrogen-bond donors (Lipinski definition) is 0. The molecule has 0 bridgehead atoms. The highest BCUT2D eigenvalue weighted by atomic mass is 35.5. The average molecular weight is 275 g/mol. The Morgan fingerprint density at radius 2 is 1.76 bits per heavy atom. The van der Waals surface area contributed by atoms with E-state index in [9.17, 15) is 0 Å². The van der Waals surface area contributed by atoms with Crippen molar-refractivity contribution >= 4 is 23.2 Å². The lowest BCUT2D eigenvalue weighted by atomic mass is 10.2. The van der Waals surface area contributed by atoms with Gasteiger partial charge in [-0.3, -0.25) is 4.90 Å². The smallest absolute Gasteiger partial charge is 0.131 e. The number of rotatable bonds is 2. The lowest BCUT2D eigenvalue weighted by molar-refractivity contribution is -0.0704. The quantitative estimate of drug-likeness (QED) is 0.776. The molecule has 1 aliphatic heterocycles. The summed E-state index contributed by atoms with van der Waals surface area (Å²) in [6.45, 7) is 6.88. The summed E-state index contributed by atoms with van der Waals surface area (Å²) in [6.07, 6.45) is 0.540. The average Bonchev–Trinajstić information content (AvgIpc) is 2.13. The van der Waals surface area contributed by atoms with Gasteiger partial charge in [-0.15, -0.1) is 0 Å². The van der Waals surface area contributed by atoms with Crippen LogP contribution in [0.5, 0.6) is 0 Å². The molecular formula is C12H16Cl2N2O. The van der Waals surface area contributed by atoms with Crippen molar-refractivity contribution in [2.45, 2.75) is 32.6 Å². The minimum atomic E-state index is 0.270. The molecular weight excluding hydrogens is 259 g/mol. The molecule has 0 spiro atoms. The Morgan fingerprint density at radius 1 is 1.24 bits per heavy atom. The summed E-state index contributed by atoms with van der Waals surface area (Å²) in [6, 6.07) is 3.72. The molecule has 2 rings (SSSR count). The zero-order valence-electron chi connectivity index (χ0n) is 9.99. The van der Waals surface area contributed by atoms with Crippen molar-refractivity contribution < 1.29 is 4.74 Å². The van der Waals surface area contributed by atoms with Gasteiger partial charge in [0, 0.05) is 19.6 Å². The second-order valence-corrected chi connectivity index (χ2v) is 5.35. The van der Waals surface area contributed by atoms with Crippen LogP contribution in [0, 0.1) is 0 Å². The van der Waals surface area contributed by atoms with Crippen molar-refractivity contribution in [3.8, 4) is 0 Å². The number of morpholine rings is 1. The van der Waals surface area contributed by atoms with Gasteiger partial charge in [0.2, 0.25) is 0 Å². The van der Waals surface area contributed by atoms with Crippen LogP contribution in [0.15, 0.2) is 12.1 Å². The Balaban J connectivity index is 2.04. The number of aromatic nitrogens is 1. The van der Waals surface area contributed by atoms with E-state index in [0.29, 0.717) is 10.3 Å². The molecule has 0 radical (unpaired) electrons. The molecule has 0 aliphatic carbocycles. The van der Waals surface area contributed by atoms with Gasteiger partial charge in [0.15, 0.2) is 0 Å². The number of ether oxygens (including phenoxy) is 1. The van der Waals surface area contributed by atoms with Crippen LogP contribution in [0.1, 0.15) is 19.4 Å². The molecule has 2 atom stereocenters. The van der Waals surface area contributed by atoms with Crippen LogP contribution in [0.4, 0.5) is 0 Å². The van der Waals surface area contributed by atoms with Gasteiger partial charge in [-0.05, 0) is 31.5 Å². The van der Waals surface area contributed by atoms with E-state index in [4.69, 9.17) is 27.9 Å². The zero-order valence-corrected chi connectivity index (χ0v) is 11.5. The van der Waals surface area contributed by atoms with E-state index in [1.165, 1.54) is 0 Å². The van der Waals surface area contributed by atoms with Crippen LogP contribution in [-0.2, 0) is 11.3 Å². The van der Waals surface area contributed by atoms with Crippen LogP contribution < -0.4 is 0 Å². The van der Waals surface area contributed by atoms with Gasteiger partial charge < -0.3 is 4.74 Å². The molecule has 2 unspecified atom stereocenters. The third kappa shape index (κ3) is 3.81. The first-order chi connectivity index (χ1) is 8.02.